The van der Waals surface area contributed by atoms with Gasteiger partial charge in [0.15, 0.2) is 5.75 Å². The smallest absolute Gasteiger partial charge is 0.164 e. The van der Waals surface area contributed by atoms with E-state index < -0.39 is 0 Å². The minimum absolute atomic E-state index is 0.118. The molecular formula is C18H17Cl2NO2. The summed E-state index contributed by atoms with van der Waals surface area (Å²) in [6, 6.07) is 9.12. The van der Waals surface area contributed by atoms with E-state index in [4.69, 9.17) is 27.9 Å². The fourth-order valence-electron chi connectivity index (χ4n) is 2.58. The van der Waals surface area contributed by atoms with Crippen LogP contribution >= 0.6 is 23.2 Å². The highest BCUT2D eigenvalue weighted by molar-refractivity contribution is 6.37. The van der Waals surface area contributed by atoms with Crippen molar-refractivity contribution in [1.82, 2.24) is 4.98 Å². The van der Waals surface area contributed by atoms with Crippen molar-refractivity contribution in [3.05, 3.63) is 57.7 Å². The highest BCUT2D eigenvalue weighted by Crippen LogP contribution is 2.38. The number of aliphatic hydroxyl groups excluding tert-OH is 1. The van der Waals surface area contributed by atoms with Gasteiger partial charge in [-0.1, -0.05) is 37.0 Å². The second kappa shape index (κ2) is 6.44. The zero-order chi connectivity index (χ0) is 16.6. The van der Waals surface area contributed by atoms with E-state index in [9.17, 15) is 5.11 Å². The van der Waals surface area contributed by atoms with E-state index in [-0.39, 0.29) is 6.61 Å². The van der Waals surface area contributed by atoms with Crippen molar-refractivity contribution < 1.29 is 9.84 Å². The Hall–Kier alpha value is -1.68. The molecule has 2 N–H and O–H groups in total. The van der Waals surface area contributed by atoms with E-state index in [1.807, 2.05) is 24.4 Å². The van der Waals surface area contributed by atoms with Gasteiger partial charge in [0, 0.05) is 17.1 Å². The summed E-state index contributed by atoms with van der Waals surface area (Å²) in [5.74, 6) is 1.47. The third-order valence-corrected chi connectivity index (χ3v) is 4.33. The maximum atomic E-state index is 9.18. The van der Waals surface area contributed by atoms with Crippen molar-refractivity contribution in [2.45, 2.75) is 26.4 Å². The van der Waals surface area contributed by atoms with Gasteiger partial charge in [0.2, 0.25) is 0 Å². The van der Waals surface area contributed by atoms with Crippen LogP contribution in [0.25, 0.3) is 10.9 Å². The van der Waals surface area contributed by atoms with Crippen LogP contribution in [-0.4, -0.2) is 10.1 Å². The van der Waals surface area contributed by atoms with Gasteiger partial charge in [0.1, 0.15) is 5.75 Å². The van der Waals surface area contributed by atoms with Gasteiger partial charge in [-0.3, -0.25) is 0 Å². The van der Waals surface area contributed by atoms with E-state index in [2.05, 4.69) is 18.8 Å². The van der Waals surface area contributed by atoms with Crippen LogP contribution in [0.2, 0.25) is 10.0 Å². The summed E-state index contributed by atoms with van der Waals surface area (Å²) in [5, 5.41) is 11.1. The second-order valence-corrected chi connectivity index (χ2v) is 6.57. The van der Waals surface area contributed by atoms with Crippen LogP contribution in [0.3, 0.4) is 0 Å². The van der Waals surface area contributed by atoms with Crippen molar-refractivity contribution in [1.29, 1.82) is 0 Å². The summed E-state index contributed by atoms with van der Waals surface area (Å²) >= 11 is 12.4. The summed E-state index contributed by atoms with van der Waals surface area (Å²) in [5.41, 5.74) is 2.95. The molecule has 120 valence electrons. The molecule has 0 saturated heterocycles. The average molecular weight is 350 g/mol. The topological polar surface area (TPSA) is 45.2 Å². The number of nitrogens with one attached hydrogen (secondary N) is 1. The van der Waals surface area contributed by atoms with Gasteiger partial charge >= 0.3 is 0 Å². The predicted octanol–water partition coefficient (Wildman–Crippen LogP) is 5.88. The molecule has 1 aromatic heterocycles. The lowest BCUT2D eigenvalue weighted by Gasteiger charge is -2.11. The normalized spacial score (nSPS) is 11.4. The van der Waals surface area contributed by atoms with Crippen LogP contribution in [0.5, 0.6) is 11.5 Å². The molecule has 0 aliphatic carbocycles. The van der Waals surface area contributed by atoms with Crippen molar-refractivity contribution in [2.24, 2.45) is 0 Å². The highest BCUT2D eigenvalue weighted by Gasteiger charge is 2.13. The van der Waals surface area contributed by atoms with Gasteiger partial charge in [0.05, 0.1) is 16.7 Å². The highest BCUT2D eigenvalue weighted by atomic mass is 35.5. The zero-order valence-corrected chi connectivity index (χ0v) is 14.4. The standard InChI is InChI=1S/C18H17Cl2NO2/c1-10(2)14-8-21-17-4-3-12(7-13(14)17)23-18-15(19)5-11(9-22)6-16(18)20/h3-8,10,21-22H,9H2,1-2H3. The molecule has 0 saturated carbocycles. The lowest BCUT2D eigenvalue weighted by molar-refractivity contribution is 0.281. The molecule has 2 aromatic carbocycles. The Labute approximate surface area is 144 Å². The molecule has 0 bridgehead atoms. The molecule has 0 aliphatic heterocycles. The minimum atomic E-state index is -0.118. The Bertz CT molecular complexity index is 832. The average Bonchev–Trinajstić information content (AvgIpc) is 2.94. The Morgan fingerprint density at radius 1 is 1.13 bits per heavy atom. The van der Waals surface area contributed by atoms with Gasteiger partial charge in [-0.25, -0.2) is 0 Å². The summed E-state index contributed by atoms with van der Waals surface area (Å²) in [6.07, 6.45) is 2.02. The first-order valence-electron chi connectivity index (χ1n) is 7.37. The summed E-state index contributed by atoms with van der Waals surface area (Å²) in [4.78, 5) is 3.26. The number of hydrogen-bond acceptors (Lipinski definition) is 2. The van der Waals surface area contributed by atoms with Gasteiger partial charge < -0.3 is 14.8 Å². The molecule has 0 unspecified atom stereocenters. The van der Waals surface area contributed by atoms with E-state index in [1.165, 1.54) is 5.56 Å². The van der Waals surface area contributed by atoms with Crippen molar-refractivity contribution in [2.75, 3.05) is 0 Å². The van der Waals surface area contributed by atoms with E-state index >= 15 is 0 Å². The first-order valence-corrected chi connectivity index (χ1v) is 8.13. The number of rotatable bonds is 4. The van der Waals surface area contributed by atoms with Crippen molar-refractivity contribution >= 4 is 34.1 Å². The maximum absolute atomic E-state index is 9.18. The Balaban J connectivity index is 2.00. The number of halogens is 2. The number of aromatic nitrogens is 1. The Morgan fingerprint density at radius 2 is 1.83 bits per heavy atom. The number of H-pyrrole nitrogens is 1. The third kappa shape index (κ3) is 3.18. The molecular weight excluding hydrogens is 333 g/mol. The zero-order valence-electron chi connectivity index (χ0n) is 12.9. The number of benzene rings is 2. The molecule has 5 heteroatoms. The van der Waals surface area contributed by atoms with Crippen LogP contribution in [0, 0.1) is 0 Å². The monoisotopic (exact) mass is 349 g/mol. The van der Waals surface area contributed by atoms with Crippen LogP contribution in [-0.2, 0) is 6.61 Å². The third-order valence-electron chi connectivity index (χ3n) is 3.77. The molecule has 0 amide bonds. The molecule has 23 heavy (non-hydrogen) atoms. The lowest BCUT2D eigenvalue weighted by atomic mass is 10.0. The molecule has 3 nitrogen and oxygen atoms in total. The summed E-state index contributed by atoms with van der Waals surface area (Å²) < 4.78 is 5.89. The number of ether oxygens (including phenoxy) is 1. The van der Waals surface area contributed by atoms with Crippen molar-refractivity contribution in [3.63, 3.8) is 0 Å². The fraction of sp³-hybridized carbons (Fsp3) is 0.222. The van der Waals surface area contributed by atoms with Crippen LogP contribution in [0.1, 0.15) is 30.9 Å². The molecule has 1 heterocycles. The number of fused-ring (bicyclic) bond motifs is 1. The molecule has 0 spiro atoms. The molecule has 0 aliphatic rings. The molecule has 0 fully saturated rings. The Morgan fingerprint density at radius 3 is 2.43 bits per heavy atom. The van der Waals surface area contributed by atoms with Crippen LogP contribution in [0.15, 0.2) is 36.5 Å². The van der Waals surface area contributed by atoms with Gasteiger partial charge in [-0.05, 0) is 47.4 Å². The molecule has 3 rings (SSSR count). The fourth-order valence-corrected chi connectivity index (χ4v) is 3.19. The number of aromatic amines is 1. The van der Waals surface area contributed by atoms with Crippen molar-refractivity contribution in [3.8, 4) is 11.5 Å². The maximum Gasteiger partial charge on any atom is 0.164 e. The van der Waals surface area contributed by atoms with E-state index in [1.54, 1.807) is 12.1 Å². The van der Waals surface area contributed by atoms with Gasteiger partial charge in [0.25, 0.3) is 0 Å². The first-order chi connectivity index (χ1) is 11.0. The SMILES string of the molecule is CC(C)c1c[nH]c2ccc(Oc3c(Cl)cc(CO)cc3Cl)cc12. The molecule has 3 aromatic rings. The summed E-state index contributed by atoms with van der Waals surface area (Å²) in [7, 11) is 0. The van der Waals surface area contributed by atoms with E-state index in [0.29, 0.717) is 33.0 Å². The minimum Gasteiger partial charge on any atom is -0.454 e. The van der Waals surface area contributed by atoms with E-state index in [0.717, 1.165) is 10.9 Å². The van der Waals surface area contributed by atoms with Crippen LogP contribution < -0.4 is 4.74 Å². The van der Waals surface area contributed by atoms with Gasteiger partial charge in [-0.2, -0.15) is 0 Å². The summed E-state index contributed by atoms with van der Waals surface area (Å²) in [6.45, 7) is 4.18. The first kappa shape index (κ1) is 16.2. The van der Waals surface area contributed by atoms with Gasteiger partial charge in [-0.15, -0.1) is 0 Å². The lowest BCUT2D eigenvalue weighted by Crippen LogP contribution is -1.91. The Kier molecular flexibility index (Phi) is 4.53. The second-order valence-electron chi connectivity index (χ2n) is 5.75. The largest absolute Gasteiger partial charge is 0.454 e. The number of aliphatic hydroxyl groups is 1. The quantitative estimate of drug-likeness (QED) is 0.617. The predicted molar refractivity (Wildman–Crippen MR) is 94.8 cm³/mol. The van der Waals surface area contributed by atoms with Crippen LogP contribution in [0.4, 0.5) is 0 Å². The number of hydrogen-bond donors (Lipinski definition) is 2. The molecule has 0 radical (unpaired) electrons. The molecule has 0 atom stereocenters.